The molecule has 0 amide bonds. The van der Waals surface area contributed by atoms with Gasteiger partial charge in [-0.05, 0) is 35.2 Å². The summed E-state index contributed by atoms with van der Waals surface area (Å²) in [5.74, 6) is 0.506. The molecule has 4 nitrogen and oxygen atoms in total. The molecule has 0 unspecified atom stereocenters. The molecule has 15 heavy (non-hydrogen) atoms. The third-order valence-corrected chi connectivity index (χ3v) is 3.03. The van der Waals surface area contributed by atoms with Gasteiger partial charge in [0.2, 0.25) is 0 Å². The molecule has 5 heteroatoms. The summed E-state index contributed by atoms with van der Waals surface area (Å²) in [6.07, 6.45) is -0.646. The number of aromatic nitrogens is 2. The number of aryl methyl sites for hydroxylation is 1. The van der Waals surface area contributed by atoms with Crippen LogP contribution in [-0.4, -0.2) is 20.0 Å². The second-order valence-corrected chi connectivity index (χ2v) is 4.73. The zero-order chi connectivity index (χ0) is 11.6. The minimum Gasteiger partial charge on any atom is -0.363 e. The van der Waals surface area contributed by atoms with Gasteiger partial charge in [0.25, 0.3) is 0 Å². The van der Waals surface area contributed by atoms with Crippen molar-refractivity contribution in [1.29, 1.82) is 0 Å². The maximum absolute atomic E-state index is 9.12. The molecule has 1 rings (SSSR count). The zero-order valence-electron chi connectivity index (χ0n) is 9.24. The number of hydrogen-bond acceptors (Lipinski definition) is 3. The number of rotatable bonds is 4. The zero-order valence-corrected chi connectivity index (χ0v) is 10.8. The Hall–Kier alpha value is -0.390. The molecule has 0 aromatic carbocycles. The van der Waals surface area contributed by atoms with Crippen molar-refractivity contribution in [1.82, 2.24) is 9.78 Å². The number of aliphatic hydroxyl groups excluding tert-OH is 1. The molecular weight excluding hydrogens is 260 g/mol. The van der Waals surface area contributed by atoms with Gasteiger partial charge in [-0.1, -0.05) is 13.8 Å². The van der Waals surface area contributed by atoms with Crippen molar-refractivity contribution in [2.24, 2.45) is 5.92 Å². The van der Waals surface area contributed by atoms with E-state index in [9.17, 15) is 0 Å². The van der Waals surface area contributed by atoms with Gasteiger partial charge in [-0.15, -0.1) is 0 Å². The van der Waals surface area contributed by atoms with E-state index in [1.165, 1.54) is 0 Å². The average molecular weight is 277 g/mol. The van der Waals surface area contributed by atoms with Crippen LogP contribution in [0.2, 0.25) is 0 Å². The van der Waals surface area contributed by atoms with E-state index in [0.29, 0.717) is 16.1 Å². The number of hydrogen-bond donors (Lipinski definition) is 2. The van der Waals surface area contributed by atoms with Gasteiger partial charge in [0.1, 0.15) is 5.69 Å². The van der Waals surface area contributed by atoms with E-state index < -0.39 is 6.29 Å². The maximum atomic E-state index is 9.12. The second-order valence-electron chi connectivity index (χ2n) is 3.93. The van der Waals surface area contributed by atoms with E-state index in [0.717, 1.165) is 18.7 Å². The molecule has 2 N–H and O–H groups in total. The van der Waals surface area contributed by atoms with E-state index >= 15 is 0 Å². The van der Waals surface area contributed by atoms with Crippen molar-refractivity contribution in [3.63, 3.8) is 0 Å². The third-order valence-electron chi connectivity index (χ3n) is 2.16. The van der Waals surface area contributed by atoms with E-state index in [2.05, 4.69) is 34.9 Å². The normalized spacial score (nSPS) is 11.7. The first-order valence-electron chi connectivity index (χ1n) is 5.08. The predicted molar refractivity (Wildman–Crippen MR) is 61.3 cm³/mol. The van der Waals surface area contributed by atoms with Gasteiger partial charge in [-0.25, -0.2) is 0 Å². The lowest BCUT2D eigenvalue weighted by Gasteiger charge is -2.07. The molecule has 0 saturated carbocycles. The lowest BCUT2D eigenvalue weighted by molar-refractivity contribution is -0.0467. The molecule has 1 heterocycles. The van der Waals surface area contributed by atoms with Crippen LogP contribution in [0.1, 0.15) is 38.4 Å². The molecule has 0 saturated heterocycles. The monoisotopic (exact) mass is 276 g/mol. The molecule has 0 aliphatic carbocycles. The van der Waals surface area contributed by atoms with Crippen molar-refractivity contribution in [2.45, 2.75) is 40.0 Å². The van der Waals surface area contributed by atoms with Crippen LogP contribution in [0.15, 0.2) is 4.47 Å². The van der Waals surface area contributed by atoms with Crippen molar-refractivity contribution in [3.05, 3.63) is 15.9 Å². The standard InChI is InChI=1S/C10H17BrN2O2/c1-4-13-7(5-6(2)3)8(11)9(12-13)10(14)15/h6,10,14-15H,4-5H2,1-3H3. The van der Waals surface area contributed by atoms with Crippen molar-refractivity contribution < 1.29 is 10.2 Å². The van der Waals surface area contributed by atoms with Crippen LogP contribution in [-0.2, 0) is 13.0 Å². The largest absolute Gasteiger partial charge is 0.363 e. The third kappa shape index (κ3) is 2.80. The Morgan fingerprint density at radius 2 is 2.00 bits per heavy atom. The van der Waals surface area contributed by atoms with Crippen LogP contribution in [0.25, 0.3) is 0 Å². The Kier molecular flexibility index (Phi) is 4.31. The molecule has 86 valence electrons. The molecule has 0 bridgehead atoms. The Morgan fingerprint density at radius 1 is 1.40 bits per heavy atom. The highest BCUT2D eigenvalue weighted by atomic mass is 79.9. The van der Waals surface area contributed by atoms with E-state index in [1.807, 2.05) is 6.92 Å². The lowest BCUT2D eigenvalue weighted by Crippen LogP contribution is -2.06. The summed E-state index contributed by atoms with van der Waals surface area (Å²) in [6, 6.07) is 0. The van der Waals surface area contributed by atoms with Gasteiger partial charge in [-0.3, -0.25) is 4.68 Å². The summed E-state index contributed by atoms with van der Waals surface area (Å²) in [5.41, 5.74) is 1.32. The number of nitrogens with zero attached hydrogens (tertiary/aromatic N) is 2. The summed E-state index contributed by atoms with van der Waals surface area (Å²) < 4.78 is 2.52. The van der Waals surface area contributed by atoms with Gasteiger partial charge in [0, 0.05) is 6.54 Å². The van der Waals surface area contributed by atoms with Crippen molar-refractivity contribution >= 4 is 15.9 Å². The highest BCUT2D eigenvalue weighted by Gasteiger charge is 2.19. The van der Waals surface area contributed by atoms with Crippen LogP contribution in [0.3, 0.4) is 0 Å². The van der Waals surface area contributed by atoms with Crippen LogP contribution in [0, 0.1) is 5.92 Å². The fraction of sp³-hybridized carbons (Fsp3) is 0.700. The van der Waals surface area contributed by atoms with Crippen molar-refractivity contribution in [2.75, 3.05) is 0 Å². The Balaban J connectivity index is 3.11. The van der Waals surface area contributed by atoms with Crippen LogP contribution < -0.4 is 0 Å². The fourth-order valence-corrected chi connectivity index (χ4v) is 2.15. The molecule has 0 spiro atoms. The number of halogens is 1. The maximum Gasteiger partial charge on any atom is 0.199 e. The van der Waals surface area contributed by atoms with Gasteiger partial charge in [0.15, 0.2) is 6.29 Å². The lowest BCUT2D eigenvalue weighted by atomic mass is 10.1. The van der Waals surface area contributed by atoms with Crippen molar-refractivity contribution in [3.8, 4) is 0 Å². The molecule has 0 aliphatic rings. The van der Waals surface area contributed by atoms with Gasteiger partial charge < -0.3 is 10.2 Å². The van der Waals surface area contributed by atoms with Gasteiger partial charge in [-0.2, -0.15) is 5.10 Å². The van der Waals surface area contributed by atoms with Crippen LogP contribution in [0.5, 0.6) is 0 Å². The Morgan fingerprint density at radius 3 is 2.40 bits per heavy atom. The molecule has 0 atom stereocenters. The quantitative estimate of drug-likeness (QED) is 0.826. The average Bonchev–Trinajstić information content (AvgIpc) is 2.43. The first-order chi connectivity index (χ1) is 6.97. The van der Waals surface area contributed by atoms with Crippen LogP contribution >= 0.6 is 15.9 Å². The molecule has 1 aromatic heterocycles. The highest BCUT2D eigenvalue weighted by Crippen LogP contribution is 2.27. The SMILES string of the molecule is CCn1nc(C(O)O)c(Br)c1CC(C)C. The Bertz CT molecular complexity index is 334. The molecular formula is C10H17BrN2O2. The smallest absolute Gasteiger partial charge is 0.199 e. The summed E-state index contributed by atoms with van der Waals surface area (Å²) in [7, 11) is 0. The summed E-state index contributed by atoms with van der Waals surface area (Å²) >= 11 is 3.37. The predicted octanol–water partition coefficient (Wildman–Crippen LogP) is 1.85. The summed E-state index contributed by atoms with van der Waals surface area (Å²) in [4.78, 5) is 0. The number of aliphatic hydroxyl groups is 2. The van der Waals surface area contributed by atoms with E-state index in [1.54, 1.807) is 4.68 Å². The highest BCUT2D eigenvalue weighted by molar-refractivity contribution is 9.10. The topological polar surface area (TPSA) is 58.3 Å². The molecule has 0 fully saturated rings. The summed E-state index contributed by atoms with van der Waals surface area (Å²) in [5, 5.41) is 22.4. The minimum absolute atomic E-state index is 0.299. The van der Waals surface area contributed by atoms with E-state index in [-0.39, 0.29) is 0 Å². The van der Waals surface area contributed by atoms with Gasteiger partial charge >= 0.3 is 0 Å². The molecule has 0 aliphatic heterocycles. The molecule has 1 aromatic rings. The second kappa shape index (κ2) is 5.09. The summed E-state index contributed by atoms with van der Waals surface area (Å²) in [6.45, 7) is 6.95. The van der Waals surface area contributed by atoms with Crippen LogP contribution in [0.4, 0.5) is 0 Å². The van der Waals surface area contributed by atoms with E-state index in [4.69, 9.17) is 10.2 Å². The fourth-order valence-electron chi connectivity index (χ4n) is 1.50. The molecule has 0 radical (unpaired) electrons. The Labute approximate surface area is 98.0 Å². The van der Waals surface area contributed by atoms with Gasteiger partial charge in [0.05, 0.1) is 10.2 Å². The first kappa shape index (κ1) is 12.7. The first-order valence-corrected chi connectivity index (χ1v) is 5.87. The minimum atomic E-state index is -1.52.